The van der Waals surface area contributed by atoms with Gasteiger partial charge in [-0.3, -0.25) is 0 Å². The van der Waals surface area contributed by atoms with Gasteiger partial charge < -0.3 is 15.8 Å². The van der Waals surface area contributed by atoms with Gasteiger partial charge in [-0.05, 0) is 25.7 Å². The molecule has 3 atom stereocenters. The van der Waals surface area contributed by atoms with Crippen LogP contribution in [0.4, 0.5) is 0 Å². The van der Waals surface area contributed by atoms with Crippen LogP contribution in [0.5, 0.6) is 0 Å². The van der Waals surface area contributed by atoms with Crippen LogP contribution in [0.2, 0.25) is 0 Å². The molecular formula is C10H22N2O. The molecule has 13 heavy (non-hydrogen) atoms. The molecule has 0 saturated carbocycles. The van der Waals surface area contributed by atoms with E-state index in [1.54, 1.807) is 0 Å². The van der Waals surface area contributed by atoms with Crippen LogP contribution in [0.1, 0.15) is 26.7 Å². The summed E-state index contributed by atoms with van der Waals surface area (Å²) in [6.07, 6.45) is 2.23. The van der Waals surface area contributed by atoms with Gasteiger partial charge in [-0.25, -0.2) is 0 Å². The van der Waals surface area contributed by atoms with E-state index in [1.807, 2.05) is 0 Å². The largest absolute Gasteiger partial charge is 0.381 e. The van der Waals surface area contributed by atoms with Crippen LogP contribution in [-0.2, 0) is 4.74 Å². The molecule has 0 aromatic rings. The predicted octanol–water partition coefficient (Wildman–Crippen LogP) is 0.738. The molecule has 0 amide bonds. The fraction of sp³-hybridized carbons (Fsp3) is 1.00. The zero-order valence-corrected chi connectivity index (χ0v) is 8.75. The van der Waals surface area contributed by atoms with Crippen molar-refractivity contribution < 1.29 is 4.74 Å². The van der Waals surface area contributed by atoms with Gasteiger partial charge in [0.05, 0.1) is 6.61 Å². The van der Waals surface area contributed by atoms with Crippen molar-refractivity contribution in [3.8, 4) is 0 Å². The van der Waals surface area contributed by atoms with E-state index in [-0.39, 0.29) is 0 Å². The quantitative estimate of drug-likeness (QED) is 0.665. The Kier molecular flexibility index (Phi) is 4.70. The summed E-state index contributed by atoms with van der Waals surface area (Å²) in [5.41, 5.74) is 5.83. The summed E-state index contributed by atoms with van der Waals surface area (Å²) < 4.78 is 5.34. The van der Waals surface area contributed by atoms with Crippen molar-refractivity contribution in [1.82, 2.24) is 5.32 Å². The molecule has 3 nitrogen and oxygen atoms in total. The summed E-state index contributed by atoms with van der Waals surface area (Å²) in [6.45, 7) is 7.11. The lowest BCUT2D eigenvalue weighted by Gasteiger charge is -2.21. The average Bonchev–Trinajstić information content (AvgIpc) is 2.66. The Bertz CT molecular complexity index is 135. The molecule has 78 valence electrons. The van der Waals surface area contributed by atoms with Crippen LogP contribution < -0.4 is 11.1 Å². The minimum Gasteiger partial charge on any atom is -0.381 e. The van der Waals surface area contributed by atoms with Crippen molar-refractivity contribution in [2.45, 2.75) is 38.8 Å². The normalized spacial score (nSPS) is 27.5. The average molecular weight is 186 g/mol. The van der Waals surface area contributed by atoms with Gasteiger partial charge in [0.2, 0.25) is 0 Å². The maximum Gasteiger partial charge on any atom is 0.0509 e. The number of ether oxygens (including phenoxy) is 1. The monoisotopic (exact) mass is 186 g/mol. The van der Waals surface area contributed by atoms with E-state index < -0.39 is 0 Å². The summed E-state index contributed by atoms with van der Waals surface area (Å²) in [7, 11) is 0. The maximum atomic E-state index is 5.83. The summed E-state index contributed by atoms with van der Waals surface area (Å²) in [4.78, 5) is 0. The molecule has 1 saturated heterocycles. The van der Waals surface area contributed by atoms with Crippen LogP contribution in [0.15, 0.2) is 0 Å². The first-order chi connectivity index (χ1) is 6.24. The lowest BCUT2D eigenvalue weighted by atomic mass is 10.0. The second-order valence-corrected chi connectivity index (χ2v) is 3.99. The van der Waals surface area contributed by atoms with Crippen molar-refractivity contribution >= 4 is 0 Å². The summed E-state index contributed by atoms with van der Waals surface area (Å²) in [5, 5.41) is 3.47. The molecule has 1 fully saturated rings. The number of hydrogen-bond acceptors (Lipinski definition) is 3. The van der Waals surface area contributed by atoms with Crippen LogP contribution >= 0.6 is 0 Å². The fourth-order valence-electron chi connectivity index (χ4n) is 1.60. The predicted molar refractivity (Wildman–Crippen MR) is 54.7 cm³/mol. The van der Waals surface area contributed by atoms with Crippen LogP contribution in [0.3, 0.4) is 0 Å². The zero-order valence-electron chi connectivity index (χ0n) is 8.75. The molecule has 1 aliphatic rings. The molecule has 0 bridgehead atoms. The number of nitrogens with one attached hydrogen (secondary N) is 1. The molecule has 3 N–H and O–H groups in total. The molecule has 0 aromatic heterocycles. The van der Waals surface area contributed by atoms with Crippen molar-refractivity contribution in [2.24, 2.45) is 11.7 Å². The molecule has 0 spiro atoms. The molecule has 1 aliphatic heterocycles. The highest BCUT2D eigenvalue weighted by atomic mass is 16.5. The standard InChI is InChI=1S/C10H22N2O/c1-3-10(11)6-12-8(2)9-4-5-13-7-9/h8-10,12H,3-7,11H2,1-2H3. The van der Waals surface area contributed by atoms with Gasteiger partial charge in [-0.15, -0.1) is 0 Å². The lowest BCUT2D eigenvalue weighted by molar-refractivity contribution is 0.178. The SMILES string of the molecule is CCC(N)CNC(C)C1CCOC1. The smallest absolute Gasteiger partial charge is 0.0509 e. The minimum atomic E-state index is 0.296. The van der Waals surface area contributed by atoms with Crippen molar-refractivity contribution in [2.75, 3.05) is 19.8 Å². The highest BCUT2D eigenvalue weighted by Crippen LogP contribution is 2.16. The Morgan fingerprint density at radius 2 is 2.38 bits per heavy atom. The van der Waals surface area contributed by atoms with E-state index in [2.05, 4.69) is 19.2 Å². The molecule has 0 radical (unpaired) electrons. The van der Waals surface area contributed by atoms with E-state index in [0.29, 0.717) is 18.0 Å². The first-order valence-corrected chi connectivity index (χ1v) is 5.30. The van der Waals surface area contributed by atoms with Gasteiger partial charge in [-0.1, -0.05) is 6.92 Å². The molecule has 3 heteroatoms. The van der Waals surface area contributed by atoms with Gasteiger partial charge in [0.15, 0.2) is 0 Å². The molecular weight excluding hydrogens is 164 g/mol. The summed E-state index contributed by atoms with van der Waals surface area (Å²) >= 11 is 0. The highest BCUT2D eigenvalue weighted by molar-refractivity contribution is 4.77. The Balaban J connectivity index is 2.12. The third-order valence-corrected chi connectivity index (χ3v) is 2.90. The topological polar surface area (TPSA) is 47.3 Å². The molecule has 1 rings (SSSR count). The van der Waals surface area contributed by atoms with E-state index in [1.165, 1.54) is 6.42 Å². The maximum absolute atomic E-state index is 5.83. The molecule has 1 heterocycles. The van der Waals surface area contributed by atoms with E-state index in [9.17, 15) is 0 Å². The van der Waals surface area contributed by atoms with Gasteiger partial charge in [0.1, 0.15) is 0 Å². The molecule has 0 aliphatic carbocycles. The van der Waals surface area contributed by atoms with E-state index in [0.717, 1.165) is 26.2 Å². The number of hydrogen-bond donors (Lipinski definition) is 2. The second kappa shape index (κ2) is 5.58. The minimum absolute atomic E-state index is 0.296. The fourth-order valence-corrected chi connectivity index (χ4v) is 1.60. The molecule has 3 unspecified atom stereocenters. The Hall–Kier alpha value is -0.120. The molecule has 0 aromatic carbocycles. The first kappa shape index (κ1) is 11.0. The number of nitrogens with two attached hydrogens (primary N) is 1. The van der Waals surface area contributed by atoms with Crippen molar-refractivity contribution in [1.29, 1.82) is 0 Å². The summed E-state index contributed by atoms with van der Waals surface area (Å²) in [5.74, 6) is 0.684. The number of rotatable bonds is 5. The van der Waals surface area contributed by atoms with Crippen molar-refractivity contribution in [3.63, 3.8) is 0 Å². The lowest BCUT2D eigenvalue weighted by Crippen LogP contribution is -2.41. The van der Waals surface area contributed by atoms with E-state index >= 15 is 0 Å². The van der Waals surface area contributed by atoms with Gasteiger partial charge in [0, 0.05) is 25.2 Å². The second-order valence-electron chi connectivity index (χ2n) is 3.99. The Morgan fingerprint density at radius 3 is 2.92 bits per heavy atom. The van der Waals surface area contributed by atoms with E-state index in [4.69, 9.17) is 10.5 Å². The highest BCUT2D eigenvalue weighted by Gasteiger charge is 2.21. The van der Waals surface area contributed by atoms with Gasteiger partial charge in [0.25, 0.3) is 0 Å². The van der Waals surface area contributed by atoms with Gasteiger partial charge >= 0.3 is 0 Å². The van der Waals surface area contributed by atoms with Crippen LogP contribution in [0, 0.1) is 5.92 Å². The zero-order chi connectivity index (χ0) is 9.68. The third-order valence-electron chi connectivity index (χ3n) is 2.90. The third kappa shape index (κ3) is 3.63. The first-order valence-electron chi connectivity index (χ1n) is 5.30. The van der Waals surface area contributed by atoms with Gasteiger partial charge in [-0.2, -0.15) is 0 Å². The van der Waals surface area contributed by atoms with Crippen LogP contribution in [0.25, 0.3) is 0 Å². The Morgan fingerprint density at radius 1 is 1.62 bits per heavy atom. The summed E-state index contributed by atoms with van der Waals surface area (Å²) in [6, 6.07) is 0.838. The van der Waals surface area contributed by atoms with Crippen LogP contribution in [-0.4, -0.2) is 31.8 Å². The van der Waals surface area contributed by atoms with Crippen molar-refractivity contribution in [3.05, 3.63) is 0 Å². The Labute approximate surface area is 81.0 Å².